The fourth-order valence-corrected chi connectivity index (χ4v) is 4.03. The first-order valence-electron chi connectivity index (χ1n) is 10.3. The van der Waals surface area contributed by atoms with E-state index in [2.05, 4.69) is 34.5 Å². The summed E-state index contributed by atoms with van der Waals surface area (Å²) < 4.78 is 10.8. The number of nitrogens with zero attached hydrogens (tertiary/aromatic N) is 1. The number of esters is 2. The molecule has 6 heteroatoms. The smallest absolute Gasteiger partial charge is 0.332 e. The lowest BCUT2D eigenvalue weighted by molar-refractivity contribution is -0.152. The zero-order valence-electron chi connectivity index (χ0n) is 17.3. The van der Waals surface area contributed by atoms with Gasteiger partial charge in [-0.15, -0.1) is 0 Å². The van der Waals surface area contributed by atoms with Crippen molar-refractivity contribution in [2.45, 2.75) is 25.0 Å². The molecule has 1 atom stereocenters. The van der Waals surface area contributed by atoms with Crippen molar-refractivity contribution in [3.8, 4) is 11.1 Å². The topological polar surface area (TPSA) is 65.0 Å². The number of hydrogen-bond acceptors (Lipinski definition) is 6. The van der Waals surface area contributed by atoms with Crippen LogP contribution in [0.5, 0.6) is 0 Å². The molecule has 5 nitrogen and oxygen atoms in total. The largest absolute Gasteiger partial charge is 0.465 e. The number of ether oxygens (including phenoxy) is 2. The molecule has 3 aromatic rings. The van der Waals surface area contributed by atoms with E-state index in [0.29, 0.717) is 0 Å². The summed E-state index contributed by atoms with van der Waals surface area (Å²) in [6.45, 7) is 0.272. The Kier molecular flexibility index (Phi) is 6.85. The second-order valence-corrected chi connectivity index (χ2v) is 7.63. The van der Waals surface area contributed by atoms with E-state index in [-0.39, 0.29) is 25.6 Å². The molecule has 4 rings (SSSR count). The number of thiocarbonyl (C=S) groups is 1. The first-order valence-corrected chi connectivity index (χ1v) is 10.7. The SMILES string of the molecule is O=C(CC(N=C=S)C(=O)OCc1ccccc1)OCC1c2ccccc2-c2ccccc21. The van der Waals surface area contributed by atoms with Crippen LogP contribution < -0.4 is 0 Å². The summed E-state index contributed by atoms with van der Waals surface area (Å²) in [6.07, 6.45) is -0.257. The predicted molar refractivity (Wildman–Crippen MR) is 124 cm³/mol. The van der Waals surface area contributed by atoms with Gasteiger partial charge in [0.2, 0.25) is 0 Å². The number of aliphatic imine (C=N–C) groups is 1. The van der Waals surface area contributed by atoms with E-state index in [0.717, 1.165) is 27.8 Å². The quantitative estimate of drug-likeness (QED) is 0.280. The highest BCUT2D eigenvalue weighted by Crippen LogP contribution is 2.44. The summed E-state index contributed by atoms with van der Waals surface area (Å²) in [7, 11) is 0. The van der Waals surface area contributed by atoms with Gasteiger partial charge < -0.3 is 9.47 Å². The van der Waals surface area contributed by atoms with Gasteiger partial charge in [-0.1, -0.05) is 78.9 Å². The van der Waals surface area contributed by atoms with Gasteiger partial charge in [-0.3, -0.25) is 4.79 Å². The Labute approximate surface area is 191 Å². The number of carbonyl (C=O) groups is 2. The summed E-state index contributed by atoms with van der Waals surface area (Å²) in [5.74, 6) is -1.23. The minimum atomic E-state index is -1.08. The molecule has 0 saturated heterocycles. The fraction of sp³-hybridized carbons (Fsp3) is 0.192. The van der Waals surface area contributed by atoms with E-state index in [1.54, 1.807) is 0 Å². The van der Waals surface area contributed by atoms with Crippen molar-refractivity contribution in [3.63, 3.8) is 0 Å². The van der Waals surface area contributed by atoms with E-state index < -0.39 is 18.0 Å². The van der Waals surface area contributed by atoms with Gasteiger partial charge >= 0.3 is 11.9 Å². The maximum absolute atomic E-state index is 12.5. The first kappa shape index (κ1) is 21.6. The summed E-state index contributed by atoms with van der Waals surface area (Å²) in [4.78, 5) is 28.8. The molecule has 0 spiro atoms. The standard InChI is InChI=1S/C26H21NO4S/c28-25(14-24(27-17-32)26(29)31-15-18-8-2-1-3-9-18)30-16-23-21-12-6-4-10-19(21)20-11-5-7-13-22(20)23/h1-13,23-24H,14-16H2. The normalized spacial score (nSPS) is 12.8. The third-order valence-electron chi connectivity index (χ3n) is 5.44. The van der Waals surface area contributed by atoms with Crippen molar-refractivity contribution >= 4 is 29.3 Å². The van der Waals surface area contributed by atoms with Crippen LogP contribution in [0.25, 0.3) is 11.1 Å². The zero-order valence-corrected chi connectivity index (χ0v) is 18.1. The third kappa shape index (κ3) is 4.83. The second-order valence-electron chi connectivity index (χ2n) is 7.44. The highest BCUT2D eigenvalue weighted by atomic mass is 32.1. The minimum absolute atomic E-state index is 0.0520. The molecule has 0 bridgehead atoms. The number of carbonyl (C=O) groups excluding carboxylic acids is 2. The molecule has 1 aliphatic carbocycles. The Morgan fingerprint density at radius 1 is 0.875 bits per heavy atom. The van der Waals surface area contributed by atoms with E-state index >= 15 is 0 Å². The monoisotopic (exact) mass is 443 g/mol. The Hall–Kier alpha value is -3.60. The van der Waals surface area contributed by atoms with Crippen molar-refractivity contribution in [2.75, 3.05) is 6.61 Å². The summed E-state index contributed by atoms with van der Waals surface area (Å²) >= 11 is 4.64. The molecule has 1 aliphatic rings. The van der Waals surface area contributed by atoms with Crippen molar-refractivity contribution in [3.05, 3.63) is 95.6 Å². The van der Waals surface area contributed by atoms with E-state index in [9.17, 15) is 9.59 Å². The highest BCUT2D eigenvalue weighted by Gasteiger charge is 2.30. The fourth-order valence-electron chi connectivity index (χ4n) is 3.90. The summed E-state index contributed by atoms with van der Waals surface area (Å²) in [6, 6.07) is 24.4. The van der Waals surface area contributed by atoms with Gasteiger partial charge in [-0.25, -0.2) is 9.79 Å². The highest BCUT2D eigenvalue weighted by molar-refractivity contribution is 7.78. The van der Waals surface area contributed by atoms with Crippen LogP contribution >= 0.6 is 12.2 Å². The molecule has 0 saturated carbocycles. The molecule has 0 aromatic heterocycles. The van der Waals surface area contributed by atoms with Gasteiger partial charge in [0.1, 0.15) is 13.2 Å². The molecular formula is C26H21NO4S. The Balaban J connectivity index is 1.38. The van der Waals surface area contributed by atoms with Gasteiger partial charge in [0.25, 0.3) is 0 Å². The lowest BCUT2D eigenvalue weighted by Gasteiger charge is -2.15. The van der Waals surface area contributed by atoms with Crippen LogP contribution in [0, 0.1) is 0 Å². The van der Waals surface area contributed by atoms with Gasteiger partial charge in [-0.05, 0) is 40.0 Å². The van der Waals surface area contributed by atoms with Crippen LogP contribution in [-0.2, 0) is 25.7 Å². The Morgan fingerprint density at radius 3 is 2.09 bits per heavy atom. The molecule has 1 unspecified atom stereocenters. The van der Waals surface area contributed by atoms with Crippen LogP contribution in [0.15, 0.2) is 83.9 Å². The van der Waals surface area contributed by atoms with E-state index in [1.165, 1.54) is 0 Å². The first-order chi connectivity index (χ1) is 15.7. The van der Waals surface area contributed by atoms with E-state index in [1.807, 2.05) is 66.7 Å². The maximum Gasteiger partial charge on any atom is 0.332 e. The van der Waals surface area contributed by atoms with Crippen molar-refractivity contribution in [1.82, 2.24) is 0 Å². The van der Waals surface area contributed by atoms with Gasteiger partial charge in [0.05, 0.1) is 11.6 Å². The zero-order chi connectivity index (χ0) is 22.3. The van der Waals surface area contributed by atoms with Crippen LogP contribution in [0.3, 0.4) is 0 Å². The summed E-state index contributed by atoms with van der Waals surface area (Å²) in [5, 5.41) is 2.18. The van der Waals surface area contributed by atoms with Crippen molar-refractivity contribution in [1.29, 1.82) is 0 Å². The van der Waals surface area contributed by atoms with Crippen molar-refractivity contribution in [2.24, 2.45) is 4.99 Å². The lowest BCUT2D eigenvalue weighted by atomic mass is 9.98. The second kappa shape index (κ2) is 10.1. The van der Waals surface area contributed by atoms with Crippen LogP contribution in [0.4, 0.5) is 0 Å². The van der Waals surface area contributed by atoms with Crippen LogP contribution in [0.2, 0.25) is 0 Å². The average Bonchev–Trinajstić information content (AvgIpc) is 3.15. The number of isothiocyanates is 1. The molecule has 0 heterocycles. The van der Waals surface area contributed by atoms with Crippen molar-refractivity contribution < 1.29 is 19.1 Å². The van der Waals surface area contributed by atoms with Crippen LogP contribution in [-0.4, -0.2) is 29.7 Å². The molecule has 3 aromatic carbocycles. The molecule has 0 aliphatic heterocycles. The molecule has 32 heavy (non-hydrogen) atoms. The number of hydrogen-bond donors (Lipinski definition) is 0. The lowest BCUT2D eigenvalue weighted by Crippen LogP contribution is -2.26. The summed E-state index contributed by atoms with van der Waals surface area (Å²) in [5.41, 5.74) is 5.38. The Bertz CT molecular complexity index is 1130. The van der Waals surface area contributed by atoms with Gasteiger partial charge in [0, 0.05) is 5.92 Å². The minimum Gasteiger partial charge on any atom is -0.465 e. The Morgan fingerprint density at radius 2 is 1.47 bits per heavy atom. The predicted octanol–water partition coefficient (Wildman–Crippen LogP) is 4.95. The van der Waals surface area contributed by atoms with Gasteiger partial charge in [0.15, 0.2) is 6.04 Å². The maximum atomic E-state index is 12.5. The molecule has 0 radical (unpaired) electrons. The molecule has 160 valence electrons. The third-order valence-corrected chi connectivity index (χ3v) is 5.54. The number of rotatable bonds is 8. The van der Waals surface area contributed by atoms with Crippen LogP contribution in [0.1, 0.15) is 29.0 Å². The number of benzene rings is 3. The molecule has 0 amide bonds. The average molecular weight is 444 g/mol. The molecule has 0 N–H and O–H groups in total. The molecular weight excluding hydrogens is 422 g/mol. The van der Waals surface area contributed by atoms with E-state index in [4.69, 9.17) is 9.47 Å². The number of fused-ring (bicyclic) bond motifs is 3. The molecule has 0 fully saturated rings. The van der Waals surface area contributed by atoms with Gasteiger partial charge in [-0.2, -0.15) is 0 Å².